The highest BCUT2D eigenvalue weighted by atomic mass is 16.5. The quantitative estimate of drug-likeness (QED) is 0.532. The van der Waals surface area contributed by atoms with E-state index < -0.39 is 0 Å². The van der Waals surface area contributed by atoms with E-state index in [4.69, 9.17) is 10.9 Å². The molecule has 0 heterocycles. The van der Waals surface area contributed by atoms with Crippen molar-refractivity contribution in [3.63, 3.8) is 0 Å². The fourth-order valence-electron chi connectivity index (χ4n) is 1.72. The number of nitrogens with one attached hydrogen (secondary N) is 1. The maximum atomic E-state index is 8.79. The Hall–Kier alpha value is -2.00. The molecule has 3 nitrogen and oxygen atoms in total. The summed E-state index contributed by atoms with van der Waals surface area (Å²) in [5, 5.41) is 8.79. The van der Waals surface area contributed by atoms with Gasteiger partial charge in [0, 0.05) is 5.69 Å². The van der Waals surface area contributed by atoms with Gasteiger partial charge in [0.1, 0.15) is 0 Å². The Labute approximate surface area is 94.5 Å². The summed E-state index contributed by atoms with van der Waals surface area (Å²) in [6.45, 7) is 2.01. The maximum Gasteiger partial charge on any atom is 0.0605 e. The third kappa shape index (κ3) is 1.99. The molecule has 2 rings (SSSR count). The highest BCUT2D eigenvalue weighted by Crippen LogP contribution is 2.26. The summed E-state index contributed by atoms with van der Waals surface area (Å²) in [6.07, 6.45) is 0. The summed E-state index contributed by atoms with van der Waals surface area (Å²) < 4.78 is 0. The predicted octanol–water partition coefficient (Wildman–Crippen LogP) is 3.05. The van der Waals surface area contributed by atoms with Crippen molar-refractivity contribution in [2.45, 2.75) is 6.92 Å². The fourth-order valence-corrected chi connectivity index (χ4v) is 1.72. The molecule has 3 heteroatoms. The minimum absolute atomic E-state index is 0.691. The van der Waals surface area contributed by atoms with Crippen LogP contribution in [0.15, 0.2) is 42.5 Å². The van der Waals surface area contributed by atoms with E-state index in [0.29, 0.717) is 5.69 Å². The zero-order valence-corrected chi connectivity index (χ0v) is 9.07. The topological polar surface area (TPSA) is 58.3 Å². The van der Waals surface area contributed by atoms with Gasteiger partial charge in [0.2, 0.25) is 0 Å². The Morgan fingerprint density at radius 3 is 2.31 bits per heavy atom. The Bertz CT molecular complexity index is 492. The first kappa shape index (κ1) is 10.5. The van der Waals surface area contributed by atoms with Crippen molar-refractivity contribution in [1.82, 2.24) is 0 Å². The van der Waals surface area contributed by atoms with E-state index in [1.54, 1.807) is 0 Å². The molecule has 2 aromatic rings. The third-order valence-electron chi connectivity index (χ3n) is 2.58. The molecule has 0 aromatic heterocycles. The molecule has 0 aliphatic rings. The number of hydrogen-bond acceptors (Lipinski definition) is 3. The van der Waals surface area contributed by atoms with Gasteiger partial charge in [0.15, 0.2) is 0 Å². The molecule has 0 bridgehead atoms. The lowest BCUT2D eigenvalue weighted by atomic mass is 10.00. The van der Waals surface area contributed by atoms with E-state index >= 15 is 0 Å². The van der Waals surface area contributed by atoms with Gasteiger partial charge in [0.25, 0.3) is 0 Å². The second-order valence-corrected chi connectivity index (χ2v) is 3.76. The van der Waals surface area contributed by atoms with Crippen LogP contribution in [0.1, 0.15) is 5.56 Å². The molecular weight excluding hydrogens is 200 g/mol. The van der Waals surface area contributed by atoms with Gasteiger partial charge >= 0.3 is 0 Å². The van der Waals surface area contributed by atoms with Crippen molar-refractivity contribution in [2.75, 3.05) is 11.2 Å². The van der Waals surface area contributed by atoms with Gasteiger partial charge in [-0.25, -0.2) is 0 Å². The number of nitrogens with two attached hydrogens (primary N) is 1. The van der Waals surface area contributed by atoms with Crippen LogP contribution in [0.2, 0.25) is 0 Å². The van der Waals surface area contributed by atoms with Gasteiger partial charge in [-0.05, 0) is 47.9 Å². The van der Waals surface area contributed by atoms with E-state index in [1.807, 2.05) is 49.4 Å². The monoisotopic (exact) mass is 214 g/mol. The number of aryl methyl sites for hydroxylation is 1. The van der Waals surface area contributed by atoms with Crippen LogP contribution in [0, 0.1) is 6.92 Å². The molecule has 0 fully saturated rings. The molecule has 0 amide bonds. The van der Waals surface area contributed by atoms with Crippen molar-refractivity contribution >= 4 is 11.4 Å². The van der Waals surface area contributed by atoms with Crippen LogP contribution in [-0.2, 0) is 0 Å². The standard InChI is InChI=1S/C13H14N2O/c1-9-8-12(15-16)6-7-13(9)10-2-4-11(14)5-3-10/h2-8,15-16H,14H2,1H3. The first-order valence-corrected chi connectivity index (χ1v) is 5.07. The van der Waals surface area contributed by atoms with Gasteiger partial charge in [-0.15, -0.1) is 0 Å². The smallest absolute Gasteiger partial charge is 0.0605 e. The van der Waals surface area contributed by atoms with Crippen LogP contribution in [0.5, 0.6) is 0 Å². The van der Waals surface area contributed by atoms with Crippen molar-refractivity contribution in [2.24, 2.45) is 0 Å². The zero-order chi connectivity index (χ0) is 11.5. The number of nitrogen functional groups attached to an aromatic ring is 1. The predicted molar refractivity (Wildman–Crippen MR) is 66.4 cm³/mol. The molecule has 0 spiro atoms. The lowest BCUT2D eigenvalue weighted by Crippen LogP contribution is -1.91. The van der Waals surface area contributed by atoms with Crippen LogP contribution in [-0.4, -0.2) is 5.21 Å². The molecule has 4 N–H and O–H groups in total. The average molecular weight is 214 g/mol. The molecular formula is C13H14N2O. The zero-order valence-electron chi connectivity index (χ0n) is 9.07. The van der Waals surface area contributed by atoms with Crippen LogP contribution >= 0.6 is 0 Å². The summed E-state index contributed by atoms with van der Waals surface area (Å²) >= 11 is 0. The Balaban J connectivity index is 2.44. The Morgan fingerprint density at radius 1 is 1.06 bits per heavy atom. The van der Waals surface area contributed by atoms with Gasteiger partial charge in [-0.1, -0.05) is 18.2 Å². The molecule has 82 valence electrons. The molecule has 16 heavy (non-hydrogen) atoms. The normalized spacial score (nSPS) is 10.1. The lowest BCUT2D eigenvalue weighted by molar-refractivity contribution is 0.389. The molecule has 0 saturated heterocycles. The molecule has 0 saturated carbocycles. The first-order valence-electron chi connectivity index (χ1n) is 5.07. The van der Waals surface area contributed by atoms with E-state index in [1.165, 1.54) is 0 Å². The van der Waals surface area contributed by atoms with Crippen molar-refractivity contribution in [3.05, 3.63) is 48.0 Å². The lowest BCUT2D eigenvalue weighted by Gasteiger charge is -2.08. The maximum absolute atomic E-state index is 8.79. The summed E-state index contributed by atoms with van der Waals surface area (Å²) in [5.74, 6) is 0. The van der Waals surface area contributed by atoms with E-state index in [0.717, 1.165) is 22.4 Å². The summed E-state index contributed by atoms with van der Waals surface area (Å²) in [5.41, 5.74) is 12.6. The van der Waals surface area contributed by atoms with Crippen LogP contribution < -0.4 is 11.2 Å². The molecule has 0 aliphatic heterocycles. The molecule has 2 aromatic carbocycles. The number of benzene rings is 2. The Morgan fingerprint density at radius 2 is 1.75 bits per heavy atom. The van der Waals surface area contributed by atoms with Gasteiger partial charge in [-0.2, -0.15) is 0 Å². The molecule has 0 aliphatic carbocycles. The van der Waals surface area contributed by atoms with Gasteiger partial charge < -0.3 is 5.73 Å². The molecule has 0 atom stereocenters. The number of rotatable bonds is 2. The van der Waals surface area contributed by atoms with Crippen molar-refractivity contribution < 1.29 is 5.21 Å². The van der Waals surface area contributed by atoms with E-state index in [-0.39, 0.29) is 0 Å². The highest BCUT2D eigenvalue weighted by Gasteiger charge is 2.02. The number of hydrogen-bond donors (Lipinski definition) is 3. The first-order chi connectivity index (χ1) is 7.70. The van der Waals surface area contributed by atoms with Crippen LogP contribution in [0.3, 0.4) is 0 Å². The van der Waals surface area contributed by atoms with E-state index in [9.17, 15) is 0 Å². The van der Waals surface area contributed by atoms with Crippen LogP contribution in [0.4, 0.5) is 11.4 Å². The van der Waals surface area contributed by atoms with Gasteiger partial charge in [-0.3, -0.25) is 10.7 Å². The van der Waals surface area contributed by atoms with E-state index in [2.05, 4.69) is 5.48 Å². The molecule has 0 radical (unpaired) electrons. The SMILES string of the molecule is Cc1cc(NO)ccc1-c1ccc(N)cc1. The fraction of sp³-hybridized carbons (Fsp3) is 0.0769. The van der Waals surface area contributed by atoms with Crippen molar-refractivity contribution in [1.29, 1.82) is 0 Å². The summed E-state index contributed by atoms with van der Waals surface area (Å²) in [4.78, 5) is 0. The third-order valence-corrected chi connectivity index (χ3v) is 2.58. The minimum atomic E-state index is 0.691. The van der Waals surface area contributed by atoms with Crippen molar-refractivity contribution in [3.8, 4) is 11.1 Å². The van der Waals surface area contributed by atoms with Crippen LogP contribution in [0.25, 0.3) is 11.1 Å². The largest absolute Gasteiger partial charge is 0.399 e. The minimum Gasteiger partial charge on any atom is -0.399 e. The second kappa shape index (κ2) is 4.24. The summed E-state index contributed by atoms with van der Waals surface area (Å²) in [7, 11) is 0. The molecule has 0 unspecified atom stereocenters. The summed E-state index contributed by atoms with van der Waals surface area (Å²) in [6, 6.07) is 13.4. The highest BCUT2D eigenvalue weighted by molar-refractivity contribution is 5.71. The Kier molecular flexibility index (Phi) is 2.79. The van der Waals surface area contributed by atoms with Gasteiger partial charge in [0.05, 0.1) is 5.69 Å². The average Bonchev–Trinajstić information content (AvgIpc) is 2.30. The second-order valence-electron chi connectivity index (χ2n) is 3.76. The number of anilines is 2.